The average Bonchev–Trinajstić information content (AvgIpc) is 3.29. The number of ether oxygens (including phenoxy) is 1. The highest BCUT2D eigenvalue weighted by Gasteiger charge is 2.38. The van der Waals surface area contributed by atoms with Crippen LogP contribution in [0.15, 0.2) is 45.6 Å². The summed E-state index contributed by atoms with van der Waals surface area (Å²) in [7, 11) is 0. The maximum atomic E-state index is 12.5. The zero-order valence-electron chi connectivity index (χ0n) is 13.6. The topological polar surface area (TPSA) is 59.1 Å². The standard InChI is InChI=1S/C18H22N2O4/c21-18(9-15-3-1-6-22-15)20-11-14-10-19(5-8-24-17(14)13-20)12-16-4-2-7-23-16/h1-4,6-7,14,17H,5,8-13H2/t14-,17+/m0/s1. The highest BCUT2D eigenvalue weighted by Crippen LogP contribution is 2.25. The summed E-state index contributed by atoms with van der Waals surface area (Å²) in [4.78, 5) is 16.7. The van der Waals surface area contributed by atoms with Gasteiger partial charge in [-0.25, -0.2) is 0 Å². The van der Waals surface area contributed by atoms with Gasteiger partial charge in [0.05, 0.1) is 38.2 Å². The van der Waals surface area contributed by atoms with Crippen molar-refractivity contribution in [2.45, 2.75) is 19.1 Å². The van der Waals surface area contributed by atoms with Crippen LogP contribution in [-0.2, 0) is 22.5 Å². The summed E-state index contributed by atoms with van der Waals surface area (Å²) < 4.78 is 16.7. The molecule has 2 aliphatic rings. The normalized spacial score (nSPS) is 24.8. The van der Waals surface area contributed by atoms with Gasteiger partial charge in [-0.2, -0.15) is 0 Å². The van der Waals surface area contributed by atoms with Gasteiger partial charge in [0, 0.05) is 32.1 Å². The lowest BCUT2D eigenvalue weighted by Gasteiger charge is -2.22. The highest BCUT2D eigenvalue weighted by molar-refractivity contribution is 5.78. The molecule has 24 heavy (non-hydrogen) atoms. The number of carbonyl (C=O) groups is 1. The smallest absolute Gasteiger partial charge is 0.230 e. The Kier molecular flexibility index (Phi) is 4.40. The summed E-state index contributed by atoms with van der Waals surface area (Å²) >= 11 is 0. The Morgan fingerprint density at radius 3 is 2.62 bits per heavy atom. The van der Waals surface area contributed by atoms with Gasteiger partial charge in [0.1, 0.15) is 11.5 Å². The van der Waals surface area contributed by atoms with Gasteiger partial charge in [-0.3, -0.25) is 9.69 Å². The fourth-order valence-electron chi connectivity index (χ4n) is 3.61. The molecule has 0 aliphatic carbocycles. The molecule has 6 heteroatoms. The molecule has 0 aromatic carbocycles. The first-order valence-electron chi connectivity index (χ1n) is 8.44. The first-order valence-corrected chi connectivity index (χ1v) is 8.44. The van der Waals surface area contributed by atoms with Crippen LogP contribution >= 0.6 is 0 Å². The van der Waals surface area contributed by atoms with Crippen molar-refractivity contribution in [2.24, 2.45) is 5.92 Å². The molecule has 4 rings (SSSR count). The molecule has 2 atom stereocenters. The Labute approximate surface area is 141 Å². The van der Waals surface area contributed by atoms with Crippen molar-refractivity contribution in [2.75, 3.05) is 32.8 Å². The largest absolute Gasteiger partial charge is 0.469 e. The van der Waals surface area contributed by atoms with Gasteiger partial charge >= 0.3 is 0 Å². The van der Waals surface area contributed by atoms with Gasteiger partial charge in [0.15, 0.2) is 0 Å². The van der Waals surface area contributed by atoms with Crippen molar-refractivity contribution in [3.8, 4) is 0 Å². The molecule has 0 spiro atoms. The van der Waals surface area contributed by atoms with Crippen molar-refractivity contribution in [1.29, 1.82) is 0 Å². The van der Waals surface area contributed by atoms with Crippen LogP contribution in [0.2, 0.25) is 0 Å². The van der Waals surface area contributed by atoms with Gasteiger partial charge in [-0.05, 0) is 24.3 Å². The second-order valence-electron chi connectivity index (χ2n) is 6.54. The van der Waals surface area contributed by atoms with Gasteiger partial charge < -0.3 is 18.5 Å². The summed E-state index contributed by atoms with van der Waals surface area (Å²) in [5.74, 6) is 2.15. The average molecular weight is 330 g/mol. The molecule has 4 heterocycles. The predicted molar refractivity (Wildman–Crippen MR) is 86.2 cm³/mol. The van der Waals surface area contributed by atoms with Gasteiger partial charge in [-0.15, -0.1) is 0 Å². The van der Waals surface area contributed by atoms with E-state index in [1.807, 2.05) is 29.2 Å². The molecular weight excluding hydrogens is 308 g/mol. The number of nitrogens with zero attached hydrogens (tertiary/aromatic N) is 2. The van der Waals surface area contributed by atoms with Crippen molar-refractivity contribution in [1.82, 2.24) is 9.80 Å². The minimum Gasteiger partial charge on any atom is -0.469 e. The SMILES string of the molecule is O=C(Cc1ccco1)N1C[C@@H]2CN(Cc3ccco3)CCO[C@@H]2C1. The predicted octanol–water partition coefficient (Wildman–Crippen LogP) is 1.77. The first-order chi connectivity index (χ1) is 11.8. The quantitative estimate of drug-likeness (QED) is 0.855. The summed E-state index contributed by atoms with van der Waals surface area (Å²) in [5.41, 5.74) is 0. The third-order valence-corrected chi connectivity index (χ3v) is 4.83. The van der Waals surface area contributed by atoms with Crippen molar-refractivity contribution >= 4 is 5.91 Å². The number of likely N-dealkylation sites (tertiary alicyclic amines) is 1. The Bertz CT molecular complexity index is 653. The van der Waals surface area contributed by atoms with E-state index in [1.54, 1.807) is 12.5 Å². The van der Waals surface area contributed by atoms with Crippen LogP contribution < -0.4 is 0 Å². The number of furan rings is 2. The molecule has 1 amide bonds. The van der Waals surface area contributed by atoms with E-state index in [-0.39, 0.29) is 12.0 Å². The molecular formula is C18H22N2O4. The lowest BCUT2D eigenvalue weighted by Crippen LogP contribution is -2.34. The van der Waals surface area contributed by atoms with Crippen LogP contribution in [0.4, 0.5) is 0 Å². The van der Waals surface area contributed by atoms with E-state index < -0.39 is 0 Å². The Morgan fingerprint density at radius 2 is 1.88 bits per heavy atom. The van der Waals surface area contributed by atoms with Crippen LogP contribution in [0.3, 0.4) is 0 Å². The van der Waals surface area contributed by atoms with Crippen molar-refractivity contribution in [3.05, 3.63) is 48.3 Å². The van der Waals surface area contributed by atoms with Crippen LogP contribution in [0.5, 0.6) is 0 Å². The third-order valence-electron chi connectivity index (χ3n) is 4.83. The molecule has 0 unspecified atom stereocenters. The number of hydrogen-bond donors (Lipinski definition) is 0. The van der Waals surface area contributed by atoms with Gasteiger partial charge in [-0.1, -0.05) is 0 Å². The van der Waals surface area contributed by atoms with Crippen LogP contribution in [0.25, 0.3) is 0 Å². The van der Waals surface area contributed by atoms with E-state index in [2.05, 4.69) is 4.90 Å². The molecule has 6 nitrogen and oxygen atoms in total. The lowest BCUT2D eigenvalue weighted by atomic mass is 10.1. The zero-order valence-corrected chi connectivity index (χ0v) is 13.6. The van der Waals surface area contributed by atoms with E-state index in [4.69, 9.17) is 13.6 Å². The van der Waals surface area contributed by atoms with E-state index in [1.165, 1.54) is 0 Å². The maximum absolute atomic E-state index is 12.5. The monoisotopic (exact) mass is 330 g/mol. The Hall–Kier alpha value is -2.05. The van der Waals surface area contributed by atoms with Crippen LogP contribution in [0.1, 0.15) is 11.5 Å². The molecule has 0 N–H and O–H groups in total. The number of carbonyl (C=O) groups excluding carboxylic acids is 1. The lowest BCUT2D eigenvalue weighted by molar-refractivity contribution is -0.130. The van der Waals surface area contributed by atoms with Gasteiger partial charge in [0.2, 0.25) is 5.91 Å². The third kappa shape index (κ3) is 3.39. The fraction of sp³-hybridized carbons (Fsp3) is 0.500. The molecule has 2 aromatic heterocycles. The van der Waals surface area contributed by atoms with Crippen LogP contribution in [0, 0.1) is 5.92 Å². The van der Waals surface area contributed by atoms with Crippen molar-refractivity contribution in [3.63, 3.8) is 0 Å². The molecule has 128 valence electrons. The van der Waals surface area contributed by atoms with Gasteiger partial charge in [0.25, 0.3) is 0 Å². The molecule has 2 fully saturated rings. The molecule has 2 saturated heterocycles. The number of amides is 1. The first kappa shape index (κ1) is 15.5. The zero-order chi connectivity index (χ0) is 16.4. The summed E-state index contributed by atoms with van der Waals surface area (Å²) in [6.45, 7) is 4.74. The molecule has 2 aliphatic heterocycles. The fourth-order valence-corrected chi connectivity index (χ4v) is 3.61. The van der Waals surface area contributed by atoms with Crippen molar-refractivity contribution < 1.29 is 18.4 Å². The second kappa shape index (κ2) is 6.83. The van der Waals surface area contributed by atoms with E-state index in [0.29, 0.717) is 31.3 Å². The highest BCUT2D eigenvalue weighted by atomic mass is 16.5. The van der Waals surface area contributed by atoms with E-state index >= 15 is 0 Å². The molecule has 2 aromatic rings. The van der Waals surface area contributed by atoms with E-state index in [9.17, 15) is 4.79 Å². The summed E-state index contributed by atoms with van der Waals surface area (Å²) in [6, 6.07) is 7.56. The maximum Gasteiger partial charge on any atom is 0.230 e. The minimum atomic E-state index is 0.110. The second-order valence-corrected chi connectivity index (χ2v) is 6.54. The van der Waals surface area contributed by atoms with Crippen LogP contribution in [-0.4, -0.2) is 54.6 Å². The number of rotatable bonds is 4. The summed E-state index contributed by atoms with van der Waals surface area (Å²) in [5, 5.41) is 0. The Morgan fingerprint density at radius 1 is 1.08 bits per heavy atom. The van der Waals surface area contributed by atoms with E-state index in [0.717, 1.165) is 31.9 Å². The summed E-state index contributed by atoms with van der Waals surface area (Å²) in [6.07, 6.45) is 3.76. The number of hydrogen-bond acceptors (Lipinski definition) is 5. The molecule has 0 bridgehead atoms. The minimum absolute atomic E-state index is 0.110. The molecule has 0 radical (unpaired) electrons. The number of fused-ring (bicyclic) bond motifs is 1. The Balaban J connectivity index is 1.36. The molecule has 0 saturated carbocycles.